The van der Waals surface area contributed by atoms with Crippen LogP contribution in [0.1, 0.15) is 45.0 Å². The Bertz CT molecular complexity index is 434. The first-order chi connectivity index (χ1) is 9.95. The normalized spacial score (nSPS) is 25.0. The van der Waals surface area contributed by atoms with E-state index in [1.54, 1.807) is 11.3 Å². The van der Waals surface area contributed by atoms with E-state index < -0.39 is 0 Å². The van der Waals surface area contributed by atoms with Gasteiger partial charge in [-0.25, -0.2) is 0 Å². The zero-order valence-corrected chi connectivity index (χ0v) is 14.5. The smallest absolute Gasteiger partial charge is 0.234 e. The van der Waals surface area contributed by atoms with Crippen molar-refractivity contribution in [3.63, 3.8) is 0 Å². The number of rotatable bonds is 5. The van der Waals surface area contributed by atoms with Gasteiger partial charge in [-0.15, -0.1) is 11.3 Å². The monoisotopic (exact) mass is 308 g/mol. The van der Waals surface area contributed by atoms with Crippen molar-refractivity contribution < 1.29 is 4.79 Å². The van der Waals surface area contributed by atoms with Gasteiger partial charge >= 0.3 is 0 Å². The largest absolute Gasteiger partial charge is 0.347 e. The molecule has 0 spiro atoms. The van der Waals surface area contributed by atoms with E-state index >= 15 is 0 Å². The average Bonchev–Trinajstić information content (AvgIpc) is 2.87. The van der Waals surface area contributed by atoms with Crippen molar-refractivity contribution in [3.05, 3.63) is 22.4 Å². The second-order valence-electron chi connectivity index (χ2n) is 6.94. The van der Waals surface area contributed by atoms with Gasteiger partial charge in [0.1, 0.15) is 0 Å². The molecule has 3 nitrogen and oxygen atoms in total. The lowest BCUT2D eigenvalue weighted by Gasteiger charge is -2.34. The van der Waals surface area contributed by atoms with E-state index in [9.17, 15) is 4.79 Å². The lowest BCUT2D eigenvalue weighted by atomic mass is 9.92. The third-order valence-electron chi connectivity index (χ3n) is 4.14. The number of carbonyl (C=O) groups is 1. The second-order valence-corrected chi connectivity index (χ2v) is 7.92. The number of nitrogens with one attached hydrogen (secondary N) is 1. The molecule has 1 fully saturated rings. The molecule has 0 aliphatic carbocycles. The van der Waals surface area contributed by atoms with E-state index in [1.165, 1.54) is 11.3 Å². The van der Waals surface area contributed by atoms with E-state index in [-0.39, 0.29) is 11.9 Å². The third kappa shape index (κ3) is 4.82. The summed E-state index contributed by atoms with van der Waals surface area (Å²) >= 11 is 1.72. The molecule has 21 heavy (non-hydrogen) atoms. The fraction of sp³-hybridized carbons (Fsp3) is 0.706. The first-order valence-electron chi connectivity index (χ1n) is 8.00. The minimum atomic E-state index is 0.136. The lowest BCUT2D eigenvalue weighted by Crippen LogP contribution is -2.45. The predicted octanol–water partition coefficient (Wildman–Crippen LogP) is 3.54. The summed E-state index contributed by atoms with van der Waals surface area (Å²) in [6, 6.07) is 4.30. The Labute approximate surface area is 132 Å². The summed E-state index contributed by atoms with van der Waals surface area (Å²) < 4.78 is 0. The van der Waals surface area contributed by atoms with Gasteiger partial charge in [0.2, 0.25) is 5.91 Å². The van der Waals surface area contributed by atoms with Crippen molar-refractivity contribution in [2.75, 3.05) is 19.6 Å². The highest BCUT2D eigenvalue weighted by atomic mass is 32.1. The van der Waals surface area contributed by atoms with Gasteiger partial charge in [0.25, 0.3) is 0 Å². The number of likely N-dealkylation sites (tertiary alicyclic amines) is 1. The van der Waals surface area contributed by atoms with Crippen LogP contribution in [0.25, 0.3) is 0 Å². The number of piperidine rings is 1. The number of hydrogen-bond donors (Lipinski definition) is 1. The van der Waals surface area contributed by atoms with Crippen LogP contribution in [0.2, 0.25) is 0 Å². The minimum absolute atomic E-state index is 0.136. The van der Waals surface area contributed by atoms with Crippen LogP contribution >= 0.6 is 11.3 Å². The van der Waals surface area contributed by atoms with E-state index in [1.807, 2.05) is 0 Å². The highest BCUT2D eigenvalue weighted by molar-refractivity contribution is 7.10. The molecule has 1 aromatic heterocycles. The first kappa shape index (κ1) is 16.5. The molecule has 0 aromatic carbocycles. The van der Waals surface area contributed by atoms with Crippen LogP contribution in [-0.4, -0.2) is 30.4 Å². The summed E-state index contributed by atoms with van der Waals surface area (Å²) in [6.07, 6.45) is 1.28. The standard InChI is InChI=1S/C17H28N2OS/c1-12(2)17(15-6-5-7-21-15)18-16(20)11-19-9-13(3)8-14(4)10-19/h5-7,12-14,17H,8-11H2,1-4H3,(H,18,20)/t13-,14+,17-/m0/s1. The van der Waals surface area contributed by atoms with Gasteiger partial charge in [-0.05, 0) is 35.6 Å². The Morgan fingerprint density at radius 3 is 2.57 bits per heavy atom. The predicted molar refractivity (Wildman–Crippen MR) is 89.4 cm³/mol. The van der Waals surface area contributed by atoms with Gasteiger partial charge in [-0.2, -0.15) is 0 Å². The van der Waals surface area contributed by atoms with Gasteiger partial charge in [-0.3, -0.25) is 9.69 Å². The van der Waals surface area contributed by atoms with Crippen molar-refractivity contribution in [2.24, 2.45) is 17.8 Å². The maximum Gasteiger partial charge on any atom is 0.234 e. The fourth-order valence-electron chi connectivity index (χ4n) is 3.38. The molecule has 4 heteroatoms. The lowest BCUT2D eigenvalue weighted by molar-refractivity contribution is -0.123. The van der Waals surface area contributed by atoms with Crippen LogP contribution < -0.4 is 5.32 Å². The maximum absolute atomic E-state index is 12.4. The van der Waals surface area contributed by atoms with Crippen LogP contribution in [0, 0.1) is 17.8 Å². The molecule has 1 amide bonds. The minimum Gasteiger partial charge on any atom is -0.347 e. The summed E-state index contributed by atoms with van der Waals surface area (Å²) in [5, 5.41) is 5.30. The SMILES string of the molecule is CC(C)[C@H](NC(=O)CN1C[C@H](C)C[C@H](C)C1)c1cccs1. The highest BCUT2D eigenvalue weighted by Crippen LogP contribution is 2.26. The van der Waals surface area contributed by atoms with Gasteiger partial charge in [0, 0.05) is 18.0 Å². The fourth-order valence-corrected chi connectivity index (χ4v) is 4.33. The first-order valence-corrected chi connectivity index (χ1v) is 8.88. The number of carbonyl (C=O) groups excluding carboxylic acids is 1. The van der Waals surface area contributed by atoms with Crippen LogP contribution in [0.5, 0.6) is 0 Å². The third-order valence-corrected chi connectivity index (χ3v) is 5.10. The molecule has 0 unspecified atom stereocenters. The molecule has 1 aliphatic rings. The average molecular weight is 308 g/mol. The van der Waals surface area contributed by atoms with Gasteiger partial charge < -0.3 is 5.32 Å². The van der Waals surface area contributed by atoms with E-state index in [0.29, 0.717) is 24.3 Å². The zero-order chi connectivity index (χ0) is 15.4. The molecule has 0 bridgehead atoms. The Kier molecular flexibility index (Phi) is 5.82. The van der Waals surface area contributed by atoms with Crippen molar-refractivity contribution >= 4 is 17.2 Å². The van der Waals surface area contributed by atoms with Crippen LogP contribution in [0.4, 0.5) is 0 Å². The molecule has 1 N–H and O–H groups in total. The topological polar surface area (TPSA) is 32.3 Å². The maximum atomic E-state index is 12.4. The van der Waals surface area contributed by atoms with Gasteiger partial charge in [-0.1, -0.05) is 33.8 Å². The molecule has 1 aromatic rings. The Hall–Kier alpha value is -0.870. The molecule has 1 aliphatic heterocycles. The van der Waals surface area contributed by atoms with Gasteiger partial charge in [0.05, 0.1) is 12.6 Å². The quantitative estimate of drug-likeness (QED) is 0.902. The Balaban J connectivity index is 1.91. The molecule has 0 saturated carbocycles. The number of nitrogens with zero attached hydrogens (tertiary/aromatic N) is 1. The molecule has 1 saturated heterocycles. The number of hydrogen-bond acceptors (Lipinski definition) is 3. The summed E-state index contributed by atoms with van der Waals surface area (Å²) in [6.45, 7) is 11.5. The summed E-state index contributed by atoms with van der Waals surface area (Å²) in [5.41, 5.74) is 0. The molecule has 3 atom stereocenters. The van der Waals surface area contributed by atoms with Crippen LogP contribution in [0.15, 0.2) is 17.5 Å². The molecular formula is C17H28N2OS. The molecule has 0 radical (unpaired) electrons. The van der Waals surface area contributed by atoms with Gasteiger partial charge in [0.15, 0.2) is 0 Å². The van der Waals surface area contributed by atoms with Crippen molar-refractivity contribution in [2.45, 2.75) is 40.2 Å². The number of amides is 1. The summed E-state index contributed by atoms with van der Waals surface area (Å²) in [4.78, 5) is 15.9. The van der Waals surface area contributed by atoms with Crippen molar-refractivity contribution in [1.29, 1.82) is 0 Å². The van der Waals surface area contributed by atoms with Crippen molar-refractivity contribution in [3.8, 4) is 0 Å². The number of thiophene rings is 1. The summed E-state index contributed by atoms with van der Waals surface area (Å²) in [5.74, 6) is 1.95. The molecule has 118 valence electrons. The van der Waals surface area contributed by atoms with Crippen molar-refractivity contribution in [1.82, 2.24) is 10.2 Å². The second kappa shape index (κ2) is 7.41. The Morgan fingerprint density at radius 1 is 1.38 bits per heavy atom. The molecule has 2 rings (SSSR count). The highest BCUT2D eigenvalue weighted by Gasteiger charge is 2.25. The summed E-state index contributed by atoms with van der Waals surface area (Å²) in [7, 11) is 0. The Morgan fingerprint density at radius 2 is 2.05 bits per heavy atom. The molecular weight excluding hydrogens is 280 g/mol. The van der Waals surface area contributed by atoms with E-state index in [2.05, 4.69) is 55.4 Å². The van der Waals surface area contributed by atoms with E-state index in [0.717, 1.165) is 13.1 Å². The van der Waals surface area contributed by atoms with Crippen LogP contribution in [0.3, 0.4) is 0 Å². The van der Waals surface area contributed by atoms with E-state index in [4.69, 9.17) is 0 Å². The molecule has 2 heterocycles. The van der Waals surface area contributed by atoms with Crippen LogP contribution in [-0.2, 0) is 4.79 Å². The zero-order valence-electron chi connectivity index (χ0n) is 13.6.